The quantitative estimate of drug-likeness (QED) is 0.858. The lowest BCUT2D eigenvalue weighted by molar-refractivity contribution is -0.0944. The third kappa shape index (κ3) is 2.35. The molecule has 1 aliphatic rings. The second kappa shape index (κ2) is 4.39. The molecule has 0 bridgehead atoms. The molecule has 1 aromatic rings. The summed E-state index contributed by atoms with van der Waals surface area (Å²) in [4.78, 5) is 0. The van der Waals surface area contributed by atoms with E-state index in [9.17, 15) is 9.50 Å². The van der Waals surface area contributed by atoms with E-state index in [1.807, 2.05) is 6.92 Å². The van der Waals surface area contributed by atoms with Gasteiger partial charge in [0, 0.05) is 0 Å². The van der Waals surface area contributed by atoms with Crippen LogP contribution in [0.2, 0.25) is 0 Å². The molecule has 94 valence electrons. The third-order valence-corrected chi connectivity index (χ3v) is 3.62. The Kier molecular flexibility index (Phi) is 3.23. The van der Waals surface area contributed by atoms with Gasteiger partial charge in [-0.05, 0) is 50.8 Å². The molecule has 2 nitrogen and oxygen atoms in total. The molecule has 1 saturated heterocycles. The van der Waals surface area contributed by atoms with Gasteiger partial charge in [0.15, 0.2) is 0 Å². The van der Waals surface area contributed by atoms with Gasteiger partial charge in [-0.25, -0.2) is 4.39 Å². The average Bonchev–Trinajstić information content (AvgIpc) is 2.69. The Morgan fingerprint density at radius 1 is 1.41 bits per heavy atom. The van der Waals surface area contributed by atoms with Crippen molar-refractivity contribution in [1.82, 2.24) is 0 Å². The van der Waals surface area contributed by atoms with Crippen LogP contribution < -0.4 is 0 Å². The van der Waals surface area contributed by atoms with Gasteiger partial charge in [-0.15, -0.1) is 0 Å². The van der Waals surface area contributed by atoms with E-state index in [-0.39, 0.29) is 18.0 Å². The third-order valence-electron chi connectivity index (χ3n) is 3.62. The maximum atomic E-state index is 13.5. The summed E-state index contributed by atoms with van der Waals surface area (Å²) in [6, 6.07) is 4.87. The van der Waals surface area contributed by atoms with Gasteiger partial charge in [0.25, 0.3) is 0 Å². The SMILES string of the molecule is Cc1ccc([C@@](C)(O)C2CCC(C)O2)cc1F. The van der Waals surface area contributed by atoms with E-state index < -0.39 is 5.60 Å². The number of benzene rings is 1. The predicted molar refractivity (Wildman–Crippen MR) is 64.3 cm³/mol. The highest BCUT2D eigenvalue weighted by Crippen LogP contribution is 2.35. The van der Waals surface area contributed by atoms with Crippen LogP contribution in [0.4, 0.5) is 4.39 Å². The first-order chi connectivity index (χ1) is 7.91. The maximum absolute atomic E-state index is 13.5. The molecule has 1 aromatic carbocycles. The molecule has 1 heterocycles. The molecular weight excluding hydrogens is 219 g/mol. The number of rotatable bonds is 2. The summed E-state index contributed by atoms with van der Waals surface area (Å²) in [5, 5.41) is 10.5. The molecule has 0 aliphatic carbocycles. The molecule has 3 heteroatoms. The number of halogens is 1. The van der Waals surface area contributed by atoms with Crippen molar-refractivity contribution >= 4 is 0 Å². The number of aryl methyl sites for hydroxylation is 1. The minimum Gasteiger partial charge on any atom is -0.383 e. The van der Waals surface area contributed by atoms with Crippen molar-refractivity contribution < 1.29 is 14.2 Å². The zero-order valence-electron chi connectivity index (χ0n) is 10.5. The van der Waals surface area contributed by atoms with Gasteiger partial charge in [-0.3, -0.25) is 0 Å². The van der Waals surface area contributed by atoms with E-state index in [2.05, 4.69) is 0 Å². The van der Waals surface area contributed by atoms with Crippen molar-refractivity contribution in [3.63, 3.8) is 0 Å². The Morgan fingerprint density at radius 2 is 2.12 bits per heavy atom. The smallest absolute Gasteiger partial charge is 0.126 e. The second-order valence-electron chi connectivity index (χ2n) is 5.12. The average molecular weight is 238 g/mol. The fraction of sp³-hybridized carbons (Fsp3) is 0.571. The van der Waals surface area contributed by atoms with Gasteiger partial charge in [0.1, 0.15) is 11.4 Å². The highest BCUT2D eigenvalue weighted by molar-refractivity contribution is 5.28. The summed E-state index contributed by atoms with van der Waals surface area (Å²) in [5.74, 6) is -0.283. The molecule has 0 amide bonds. The molecule has 2 unspecified atom stereocenters. The molecule has 0 spiro atoms. The van der Waals surface area contributed by atoms with Crippen LogP contribution in [-0.4, -0.2) is 17.3 Å². The van der Waals surface area contributed by atoms with Gasteiger partial charge < -0.3 is 9.84 Å². The number of aliphatic hydroxyl groups is 1. The molecule has 0 radical (unpaired) electrons. The Hall–Kier alpha value is -0.930. The van der Waals surface area contributed by atoms with Crippen LogP contribution in [0.3, 0.4) is 0 Å². The summed E-state index contributed by atoms with van der Waals surface area (Å²) >= 11 is 0. The van der Waals surface area contributed by atoms with Crippen molar-refractivity contribution in [3.8, 4) is 0 Å². The van der Waals surface area contributed by atoms with Crippen molar-refractivity contribution in [2.24, 2.45) is 0 Å². The fourth-order valence-electron chi connectivity index (χ4n) is 2.31. The highest BCUT2D eigenvalue weighted by Gasteiger charge is 2.39. The highest BCUT2D eigenvalue weighted by atomic mass is 19.1. The van der Waals surface area contributed by atoms with Gasteiger partial charge in [-0.1, -0.05) is 12.1 Å². The van der Waals surface area contributed by atoms with E-state index >= 15 is 0 Å². The summed E-state index contributed by atoms with van der Waals surface area (Å²) < 4.78 is 19.2. The van der Waals surface area contributed by atoms with Crippen LogP contribution in [0.1, 0.15) is 37.8 Å². The monoisotopic (exact) mass is 238 g/mol. The molecular formula is C14H19FO2. The summed E-state index contributed by atoms with van der Waals surface area (Å²) in [6.45, 7) is 5.40. The fourth-order valence-corrected chi connectivity index (χ4v) is 2.31. The summed E-state index contributed by atoms with van der Waals surface area (Å²) in [7, 11) is 0. The molecule has 0 aromatic heterocycles. The van der Waals surface area contributed by atoms with Gasteiger partial charge in [0.2, 0.25) is 0 Å². The Balaban J connectivity index is 2.27. The van der Waals surface area contributed by atoms with Crippen LogP contribution in [0.25, 0.3) is 0 Å². The van der Waals surface area contributed by atoms with Crippen LogP contribution in [0, 0.1) is 12.7 Å². The van der Waals surface area contributed by atoms with E-state index in [1.165, 1.54) is 6.07 Å². The van der Waals surface area contributed by atoms with Crippen LogP contribution in [0.5, 0.6) is 0 Å². The minimum atomic E-state index is -1.13. The lowest BCUT2D eigenvalue weighted by Gasteiger charge is -2.30. The maximum Gasteiger partial charge on any atom is 0.126 e. The molecule has 1 N–H and O–H groups in total. The van der Waals surface area contributed by atoms with Crippen molar-refractivity contribution in [3.05, 3.63) is 35.1 Å². The van der Waals surface area contributed by atoms with Gasteiger partial charge in [-0.2, -0.15) is 0 Å². The lowest BCUT2D eigenvalue weighted by atomic mass is 9.88. The molecule has 1 aliphatic heterocycles. The molecule has 2 rings (SSSR count). The molecule has 3 atom stereocenters. The molecule has 17 heavy (non-hydrogen) atoms. The normalized spacial score (nSPS) is 28.1. The zero-order chi connectivity index (χ0) is 12.6. The first-order valence-corrected chi connectivity index (χ1v) is 6.05. The molecule has 1 fully saturated rings. The van der Waals surface area contributed by atoms with Crippen molar-refractivity contribution in [1.29, 1.82) is 0 Å². The second-order valence-corrected chi connectivity index (χ2v) is 5.12. The van der Waals surface area contributed by atoms with E-state index in [0.717, 1.165) is 12.8 Å². The van der Waals surface area contributed by atoms with Gasteiger partial charge >= 0.3 is 0 Å². The van der Waals surface area contributed by atoms with Crippen LogP contribution in [-0.2, 0) is 10.3 Å². The summed E-state index contributed by atoms with van der Waals surface area (Å²) in [5.41, 5.74) is 0.0456. The van der Waals surface area contributed by atoms with Crippen molar-refractivity contribution in [2.45, 2.75) is 51.4 Å². The number of hydrogen-bond donors (Lipinski definition) is 1. The Bertz CT molecular complexity index is 415. The topological polar surface area (TPSA) is 29.5 Å². The van der Waals surface area contributed by atoms with E-state index in [0.29, 0.717) is 11.1 Å². The standard InChI is InChI=1S/C14H19FO2/c1-9-4-6-11(8-12(9)15)14(3,16)13-7-5-10(2)17-13/h4,6,8,10,13,16H,5,7H2,1-3H3/t10?,13?,14-/m1/s1. The van der Waals surface area contributed by atoms with E-state index in [1.54, 1.807) is 26.0 Å². The van der Waals surface area contributed by atoms with Crippen LogP contribution in [0.15, 0.2) is 18.2 Å². The minimum absolute atomic E-state index is 0.168. The predicted octanol–water partition coefficient (Wildman–Crippen LogP) is 2.91. The van der Waals surface area contributed by atoms with Crippen molar-refractivity contribution in [2.75, 3.05) is 0 Å². The Labute approximate surface area is 101 Å². The Morgan fingerprint density at radius 3 is 2.65 bits per heavy atom. The van der Waals surface area contributed by atoms with Crippen LogP contribution >= 0.6 is 0 Å². The number of hydrogen-bond acceptors (Lipinski definition) is 2. The first-order valence-electron chi connectivity index (χ1n) is 6.05. The zero-order valence-corrected chi connectivity index (χ0v) is 10.5. The summed E-state index contributed by atoms with van der Waals surface area (Å²) in [6.07, 6.45) is 1.67. The molecule has 0 saturated carbocycles. The van der Waals surface area contributed by atoms with Gasteiger partial charge in [0.05, 0.1) is 12.2 Å². The van der Waals surface area contributed by atoms with E-state index in [4.69, 9.17) is 4.74 Å². The largest absolute Gasteiger partial charge is 0.383 e. The lowest BCUT2D eigenvalue weighted by Crippen LogP contribution is -2.36. The first kappa shape index (κ1) is 12.5. The number of ether oxygens (including phenoxy) is 1.